The van der Waals surface area contributed by atoms with E-state index in [1.807, 2.05) is 0 Å². The molecule has 5 nitrogen and oxygen atoms in total. The zero-order chi connectivity index (χ0) is 15.7. The predicted octanol–water partition coefficient (Wildman–Crippen LogP) is 2.35. The van der Waals surface area contributed by atoms with Crippen molar-refractivity contribution in [2.45, 2.75) is 45.8 Å². The second kappa shape index (κ2) is 6.10. The third-order valence-electron chi connectivity index (χ3n) is 3.99. The highest BCUT2D eigenvalue weighted by Gasteiger charge is 2.45. The van der Waals surface area contributed by atoms with E-state index in [1.54, 1.807) is 6.07 Å². The molecule has 0 saturated heterocycles. The molecule has 1 aliphatic rings. The summed E-state index contributed by atoms with van der Waals surface area (Å²) in [4.78, 5) is 0. The summed E-state index contributed by atoms with van der Waals surface area (Å²) in [6, 6.07) is 3.23. The van der Waals surface area contributed by atoms with Gasteiger partial charge in [-0.2, -0.15) is 0 Å². The first kappa shape index (κ1) is 16.5. The summed E-state index contributed by atoms with van der Waals surface area (Å²) in [5, 5.41) is 3.23. The average molecular weight is 314 g/mol. The van der Waals surface area contributed by atoms with Crippen LogP contribution in [0.15, 0.2) is 21.6 Å². The van der Waals surface area contributed by atoms with Crippen molar-refractivity contribution in [3.8, 4) is 0 Å². The minimum absolute atomic E-state index is 0.00213. The molecule has 6 heteroatoms. The average Bonchev–Trinajstić information content (AvgIpc) is 2.77. The van der Waals surface area contributed by atoms with Gasteiger partial charge >= 0.3 is 0 Å². The van der Waals surface area contributed by atoms with Gasteiger partial charge in [0.05, 0.1) is 6.54 Å². The van der Waals surface area contributed by atoms with Crippen LogP contribution >= 0.6 is 0 Å². The zero-order valence-electron chi connectivity index (χ0n) is 13.3. The minimum atomic E-state index is -3.53. The molecule has 0 radical (unpaired) electrons. The fourth-order valence-corrected chi connectivity index (χ4v) is 3.31. The third-order valence-corrected chi connectivity index (χ3v) is 5.29. The molecule has 1 aromatic heterocycles. The summed E-state index contributed by atoms with van der Waals surface area (Å²) < 4.78 is 32.4. The molecule has 2 rings (SSSR count). The van der Waals surface area contributed by atoms with E-state index in [0.717, 1.165) is 13.0 Å². The summed E-state index contributed by atoms with van der Waals surface area (Å²) in [7, 11) is -3.53. The van der Waals surface area contributed by atoms with Crippen molar-refractivity contribution in [2.75, 3.05) is 13.1 Å². The summed E-state index contributed by atoms with van der Waals surface area (Å²) in [5.74, 6) is 1.61. The van der Waals surface area contributed by atoms with Crippen molar-refractivity contribution in [3.63, 3.8) is 0 Å². The van der Waals surface area contributed by atoms with Gasteiger partial charge in [-0.15, -0.1) is 0 Å². The first-order chi connectivity index (χ1) is 9.71. The van der Waals surface area contributed by atoms with Gasteiger partial charge in [0.25, 0.3) is 10.0 Å². The maximum atomic E-state index is 12.1. The van der Waals surface area contributed by atoms with E-state index >= 15 is 0 Å². The molecular weight excluding hydrogens is 288 g/mol. The Balaban J connectivity index is 1.87. The SMILES string of the molecule is CC(C)CNCc1ccc(S(=O)(=O)NCC2CC2(C)C)o1. The lowest BCUT2D eigenvalue weighted by Crippen LogP contribution is -2.26. The molecule has 0 bridgehead atoms. The van der Waals surface area contributed by atoms with Crippen LogP contribution in [0.5, 0.6) is 0 Å². The molecule has 1 aliphatic carbocycles. The van der Waals surface area contributed by atoms with Gasteiger partial charge in [0.1, 0.15) is 5.76 Å². The molecule has 1 aromatic rings. The Bertz CT molecular complexity index is 575. The Morgan fingerprint density at radius 1 is 1.38 bits per heavy atom. The first-order valence-electron chi connectivity index (χ1n) is 7.50. The Labute approximate surface area is 127 Å². The highest BCUT2D eigenvalue weighted by Crippen LogP contribution is 2.51. The lowest BCUT2D eigenvalue weighted by molar-refractivity contribution is 0.394. The number of hydrogen-bond acceptors (Lipinski definition) is 4. The van der Waals surface area contributed by atoms with E-state index in [-0.39, 0.29) is 10.5 Å². The molecule has 21 heavy (non-hydrogen) atoms. The fourth-order valence-electron chi connectivity index (χ4n) is 2.29. The summed E-state index contributed by atoms with van der Waals surface area (Å²) in [6.45, 7) is 10.4. The molecule has 2 N–H and O–H groups in total. The van der Waals surface area contributed by atoms with E-state index in [9.17, 15) is 8.42 Å². The molecule has 1 unspecified atom stereocenters. The van der Waals surface area contributed by atoms with Crippen molar-refractivity contribution in [1.29, 1.82) is 0 Å². The molecule has 1 heterocycles. The van der Waals surface area contributed by atoms with Gasteiger partial charge in [0.15, 0.2) is 0 Å². The number of sulfonamides is 1. The van der Waals surface area contributed by atoms with E-state index in [2.05, 4.69) is 37.7 Å². The van der Waals surface area contributed by atoms with E-state index in [4.69, 9.17) is 4.42 Å². The van der Waals surface area contributed by atoms with Crippen molar-refractivity contribution >= 4 is 10.0 Å². The quantitative estimate of drug-likeness (QED) is 0.772. The maximum absolute atomic E-state index is 12.1. The second-order valence-electron chi connectivity index (χ2n) is 6.99. The van der Waals surface area contributed by atoms with Gasteiger partial charge in [0, 0.05) is 6.54 Å². The molecule has 1 fully saturated rings. The molecule has 0 spiro atoms. The van der Waals surface area contributed by atoms with E-state index in [1.165, 1.54) is 6.07 Å². The standard InChI is InChI=1S/C15H26N2O3S/c1-11(2)8-16-10-13-5-6-14(20-13)21(18,19)17-9-12-7-15(12,3)4/h5-6,11-12,16-17H,7-10H2,1-4H3. The first-order valence-corrected chi connectivity index (χ1v) is 8.98. The van der Waals surface area contributed by atoms with Gasteiger partial charge in [-0.25, -0.2) is 13.1 Å². The third kappa shape index (κ3) is 4.56. The van der Waals surface area contributed by atoms with Crippen LogP contribution in [0.3, 0.4) is 0 Å². The van der Waals surface area contributed by atoms with Crippen LogP contribution in [0.2, 0.25) is 0 Å². The van der Waals surface area contributed by atoms with Crippen LogP contribution in [0.4, 0.5) is 0 Å². The maximum Gasteiger partial charge on any atom is 0.273 e. The van der Waals surface area contributed by atoms with Crippen LogP contribution in [0, 0.1) is 17.3 Å². The molecule has 0 amide bonds. The highest BCUT2D eigenvalue weighted by molar-refractivity contribution is 7.89. The van der Waals surface area contributed by atoms with E-state index in [0.29, 0.717) is 30.7 Å². The molecule has 120 valence electrons. The van der Waals surface area contributed by atoms with Gasteiger partial charge in [-0.3, -0.25) is 0 Å². The lowest BCUT2D eigenvalue weighted by Gasteiger charge is -2.06. The van der Waals surface area contributed by atoms with Gasteiger partial charge in [-0.1, -0.05) is 27.7 Å². The Morgan fingerprint density at radius 3 is 2.62 bits per heavy atom. The van der Waals surface area contributed by atoms with Gasteiger partial charge in [0.2, 0.25) is 5.09 Å². The fraction of sp³-hybridized carbons (Fsp3) is 0.733. The molecular formula is C15H26N2O3S. The van der Waals surface area contributed by atoms with Crippen LogP contribution in [0.25, 0.3) is 0 Å². The molecule has 1 atom stereocenters. The summed E-state index contributed by atoms with van der Waals surface area (Å²) >= 11 is 0. The van der Waals surface area contributed by atoms with Crippen LogP contribution < -0.4 is 10.0 Å². The number of furan rings is 1. The molecule has 0 aromatic carbocycles. The number of hydrogen-bond donors (Lipinski definition) is 2. The van der Waals surface area contributed by atoms with Crippen LogP contribution in [0.1, 0.15) is 39.9 Å². The summed E-state index contributed by atoms with van der Waals surface area (Å²) in [6.07, 6.45) is 1.07. The normalized spacial score (nSPS) is 20.9. The van der Waals surface area contributed by atoms with Crippen molar-refractivity contribution in [1.82, 2.24) is 10.0 Å². The molecule has 1 saturated carbocycles. The van der Waals surface area contributed by atoms with Gasteiger partial charge < -0.3 is 9.73 Å². The van der Waals surface area contributed by atoms with Crippen LogP contribution in [-0.2, 0) is 16.6 Å². The Hall–Kier alpha value is -0.850. The smallest absolute Gasteiger partial charge is 0.273 e. The zero-order valence-corrected chi connectivity index (χ0v) is 14.1. The monoisotopic (exact) mass is 314 g/mol. The van der Waals surface area contributed by atoms with Crippen LogP contribution in [-0.4, -0.2) is 21.5 Å². The minimum Gasteiger partial charge on any atom is -0.447 e. The largest absolute Gasteiger partial charge is 0.447 e. The van der Waals surface area contributed by atoms with Gasteiger partial charge in [-0.05, 0) is 42.3 Å². The topological polar surface area (TPSA) is 71.3 Å². The Kier molecular flexibility index (Phi) is 4.80. The number of nitrogens with one attached hydrogen (secondary N) is 2. The summed E-state index contributed by atoms with van der Waals surface area (Å²) in [5.41, 5.74) is 0.262. The number of rotatable bonds is 8. The predicted molar refractivity (Wildman–Crippen MR) is 82.3 cm³/mol. The highest BCUT2D eigenvalue weighted by atomic mass is 32.2. The van der Waals surface area contributed by atoms with E-state index < -0.39 is 10.0 Å². The Morgan fingerprint density at radius 2 is 2.05 bits per heavy atom. The lowest BCUT2D eigenvalue weighted by atomic mass is 10.1. The molecule has 0 aliphatic heterocycles. The second-order valence-corrected chi connectivity index (χ2v) is 8.68. The van der Waals surface area contributed by atoms with Crippen molar-refractivity contribution in [2.24, 2.45) is 17.3 Å². The van der Waals surface area contributed by atoms with Crippen molar-refractivity contribution < 1.29 is 12.8 Å². The van der Waals surface area contributed by atoms with Crippen molar-refractivity contribution in [3.05, 3.63) is 17.9 Å².